The molecule has 0 aliphatic carbocycles. The molecule has 0 saturated heterocycles. The molecule has 130 valence electrons. The number of anilines is 1. The standard InChI is InChI=1S/C17H17ClN4O2S/c1-12(2)16-11-22(21-19-16)17-10-13(18)8-9-15(17)20-25(23,24)14-6-4-3-5-7-14/h3-12,20H,1-2H3. The quantitative estimate of drug-likeness (QED) is 0.733. The molecule has 1 N–H and O–H groups in total. The number of nitrogens with zero attached hydrogens (tertiary/aromatic N) is 3. The van der Waals surface area contributed by atoms with Gasteiger partial charge in [0.1, 0.15) is 0 Å². The number of halogens is 1. The molecule has 0 aliphatic heterocycles. The van der Waals surface area contributed by atoms with Crippen LogP contribution in [0.25, 0.3) is 5.69 Å². The van der Waals surface area contributed by atoms with E-state index in [-0.39, 0.29) is 10.8 Å². The number of sulfonamides is 1. The van der Waals surface area contributed by atoms with Crippen molar-refractivity contribution >= 4 is 27.3 Å². The molecule has 25 heavy (non-hydrogen) atoms. The van der Waals surface area contributed by atoms with Crippen molar-refractivity contribution in [3.05, 3.63) is 65.4 Å². The van der Waals surface area contributed by atoms with Gasteiger partial charge in [0.25, 0.3) is 10.0 Å². The van der Waals surface area contributed by atoms with Gasteiger partial charge >= 0.3 is 0 Å². The maximum atomic E-state index is 12.6. The Balaban J connectivity index is 2.02. The van der Waals surface area contributed by atoms with Crippen LogP contribution in [0.3, 0.4) is 0 Å². The van der Waals surface area contributed by atoms with Crippen LogP contribution in [0.2, 0.25) is 5.02 Å². The Bertz CT molecular complexity index is 985. The van der Waals surface area contributed by atoms with E-state index in [1.807, 2.05) is 13.8 Å². The van der Waals surface area contributed by atoms with Gasteiger partial charge in [-0.25, -0.2) is 13.1 Å². The Hall–Kier alpha value is -2.38. The third-order valence-corrected chi connectivity index (χ3v) is 5.22. The Morgan fingerprint density at radius 2 is 1.84 bits per heavy atom. The number of benzene rings is 2. The maximum Gasteiger partial charge on any atom is 0.261 e. The molecule has 0 bridgehead atoms. The minimum atomic E-state index is -3.72. The summed E-state index contributed by atoms with van der Waals surface area (Å²) in [6, 6.07) is 13.0. The average Bonchev–Trinajstić information content (AvgIpc) is 3.07. The molecule has 0 unspecified atom stereocenters. The van der Waals surface area contributed by atoms with E-state index in [1.54, 1.807) is 42.6 Å². The van der Waals surface area contributed by atoms with Crippen LogP contribution in [0.15, 0.2) is 59.6 Å². The van der Waals surface area contributed by atoms with Gasteiger partial charge < -0.3 is 0 Å². The first-order valence-electron chi connectivity index (χ1n) is 7.67. The molecule has 2 aromatic carbocycles. The van der Waals surface area contributed by atoms with Crippen LogP contribution < -0.4 is 4.72 Å². The van der Waals surface area contributed by atoms with E-state index >= 15 is 0 Å². The molecule has 0 spiro atoms. The zero-order valence-electron chi connectivity index (χ0n) is 13.7. The fourth-order valence-electron chi connectivity index (χ4n) is 2.24. The monoisotopic (exact) mass is 376 g/mol. The Morgan fingerprint density at radius 1 is 1.12 bits per heavy atom. The zero-order valence-corrected chi connectivity index (χ0v) is 15.3. The first kappa shape index (κ1) is 17.4. The van der Waals surface area contributed by atoms with E-state index in [2.05, 4.69) is 15.0 Å². The summed E-state index contributed by atoms with van der Waals surface area (Å²) in [5.41, 5.74) is 1.68. The highest BCUT2D eigenvalue weighted by Gasteiger charge is 2.17. The molecular formula is C17H17ClN4O2S. The second kappa shape index (κ2) is 6.85. The minimum Gasteiger partial charge on any atom is -0.277 e. The molecule has 8 heteroatoms. The molecule has 0 aliphatic rings. The van der Waals surface area contributed by atoms with Crippen molar-refractivity contribution in [1.82, 2.24) is 15.0 Å². The van der Waals surface area contributed by atoms with Gasteiger partial charge in [-0.15, -0.1) is 5.10 Å². The predicted octanol–water partition coefficient (Wildman–Crippen LogP) is 3.84. The lowest BCUT2D eigenvalue weighted by atomic mass is 10.1. The van der Waals surface area contributed by atoms with E-state index in [0.717, 1.165) is 5.69 Å². The zero-order chi connectivity index (χ0) is 18.0. The van der Waals surface area contributed by atoms with Crippen molar-refractivity contribution in [2.24, 2.45) is 0 Å². The Labute approximate surface area is 151 Å². The fourth-order valence-corrected chi connectivity index (χ4v) is 3.50. The van der Waals surface area contributed by atoms with Gasteiger partial charge in [0.15, 0.2) is 0 Å². The number of rotatable bonds is 5. The highest BCUT2D eigenvalue weighted by molar-refractivity contribution is 7.92. The lowest BCUT2D eigenvalue weighted by Gasteiger charge is -2.12. The molecule has 1 heterocycles. The summed E-state index contributed by atoms with van der Waals surface area (Å²) in [5, 5.41) is 8.67. The highest BCUT2D eigenvalue weighted by atomic mass is 35.5. The molecule has 0 atom stereocenters. The fraction of sp³-hybridized carbons (Fsp3) is 0.176. The first-order chi connectivity index (χ1) is 11.9. The van der Waals surface area contributed by atoms with Crippen LogP contribution in [-0.4, -0.2) is 23.4 Å². The predicted molar refractivity (Wildman–Crippen MR) is 97.7 cm³/mol. The SMILES string of the molecule is CC(C)c1cn(-c2cc(Cl)ccc2NS(=O)(=O)c2ccccc2)nn1. The van der Waals surface area contributed by atoms with Crippen LogP contribution in [0.1, 0.15) is 25.5 Å². The van der Waals surface area contributed by atoms with Gasteiger partial charge in [-0.2, -0.15) is 0 Å². The van der Waals surface area contributed by atoms with Crippen molar-refractivity contribution in [3.63, 3.8) is 0 Å². The van der Waals surface area contributed by atoms with Crippen molar-refractivity contribution in [2.45, 2.75) is 24.7 Å². The molecule has 0 amide bonds. The summed E-state index contributed by atoms with van der Waals surface area (Å²) in [4.78, 5) is 0.178. The molecule has 0 fully saturated rings. The van der Waals surface area contributed by atoms with Gasteiger partial charge in [0.2, 0.25) is 0 Å². The summed E-state index contributed by atoms with van der Waals surface area (Å²) in [6.07, 6.45) is 1.76. The van der Waals surface area contributed by atoms with E-state index in [9.17, 15) is 8.42 Å². The Kier molecular flexibility index (Phi) is 4.78. The molecule has 3 aromatic rings. The van der Waals surface area contributed by atoms with Crippen LogP contribution in [0.4, 0.5) is 5.69 Å². The topological polar surface area (TPSA) is 76.9 Å². The lowest BCUT2D eigenvalue weighted by Crippen LogP contribution is -2.14. The third-order valence-electron chi connectivity index (χ3n) is 3.61. The molecule has 6 nitrogen and oxygen atoms in total. The van der Waals surface area contributed by atoms with E-state index in [0.29, 0.717) is 16.4 Å². The smallest absolute Gasteiger partial charge is 0.261 e. The summed E-state index contributed by atoms with van der Waals surface area (Å²) in [5.74, 6) is 0.206. The van der Waals surface area contributed by atoms with Crippen molar-refractivity contribution < 1.29 is 8.42 Å². The summed E-state index contributed by atoms with van der Waals surface area (Å²) >= 11 is 6.09. The van der Waals surface area contributed by atoms with Crippen LogP contribution in [0, 0.1) is 0 Å². The molecule has 1 aromatic heterocycles. The Morgan fingerprint density at radius 3 is 2.48 bits per heavy atom. The lowest BCUT2D eigenvalue weighted by molar-refractivity contribution is 0.601. The maximum absolute atomic E-state index is 12.6. The van der Waals surface area contributed by atoms with Crippen LogP contribution in [-0.2, 0) is 10.0 Å². The van der Waals surface area contributed by atoms with Crippen molar-refractivity contribution in [1.29, 1.82) is 0 Å². The highest BCUT2D eigenvalue weighted by Crippen LogP contribution is 2.27. The molecule has 3 rings (SSSR count). The minimum absolute atomic E-state index is 0.178. The van der Waals surface area contributed by atoms with Gasteiger partial charge in [-0.05, 0) is 36.2 Å². The average molecular weight is 377 g/mol. The second-order valence-corrected chi connectivity index (χ2v) is 7.94. The number of hydrogen-bond acceptors (Lipinski definition) is 4. The number of hydrogen-bond donors (Lipinski definition) is 1. The number of aromatic nitrogens is 3. The second-order valence-electron chi connectivity index (χ2n) is 5.82. The van der Waals surface area contributed by atoms with Gasteiger partial charge in [-0.1, -0.05) is 48.9 Å². The van der Waals surface area contributed by atoms with Gasteiger partial charge in [0.05, 0.1) is 28.2 Å². The largest absolute Gasteiger partial charge is 0.277 e. The van der Waals surface area contributed by atoms with E-state index in [4.69, 9.17) is 11.6 Å². The van der Waals surface area contributed by atoms with Crippen molar-refractivity contribution in [2.75, 3.05) is 4.72 Å². The molecule has 0 radical (unpaired) electrons. The first-order valence-corrected chi connectivity index (χ1v) is 9.53. The summed E-state index contributed by atoms with van der Waals surface area (Å²) in [7, 11) is -3.72. The normalized spacial score (nSPS) is 11.7. The third kappa shape index (κ3) is 3.83. The van der Waals surface area contributed by atoms with Crippen LogP contribution in [0.5, 0.6) is 0 Å². The van der Waals surface area contributed by atoms with Gasteiger partial charge in [0, 0.05) is 5.02 Å². The van der Waals surface area contributed by atoms with E-state index in [1.165, 1.54) is 16.8 Å². The van der Waals surface area contributed by atoms with Crippen molar-refractivity contribution in [3.8, 4) is 5.69 Å². The number of nitrogens with one attached hydrogen (secondary N) is 1. The van der Waals surface area contributed by atoms with Crippen LogP contribution >= 0.6 is 11.6 Å². The summed E-state index contributed by atoms with van der Waals surface area (Å²) in [6.45, 7) is 4.01. The molecule has 0 saturated carbocycles. The van der Waals surface area contributed by atoms with E-state index < -0.39 is 10.0 Å². The summed E-state index contributed by atoms with van der Waals surface area (Å²) < 4.78 is 29.3. The van der Waals surface area contributed by atoms with Gasteiger partial charge in [-0.3, -0.25) is 4.72 Å². The molecular weight excluding hydrogens is 360 g/mol.